The van der Waals surface area contributed by atoms with Crippen LogP contribution in [0.2, 0.25) is 0 Å². The van der Waals surface area contributed by atoms with E-state index < -0.39 is 0 Å². The molecule has 0 aliphatic heterocycles. The molecule has 1 N–H and O–H groups in total. The van der Waals surface area contributed by atoms with Crippen molar-refractivity contribution in [3.8, 4) is 11.5 Å². The van der Waals surface area contributed by atoms with Crippen molar-refractivity contribution in [2.75, 3.05) is 0 Å². The summed E-state index contributed by atoms with van der Waals surface area (Å²) >= 11 is 5.51. The standard InChI is InChI=1S/C15H13ClFN3O/c1-20-14-4-3-13(7-10(14)9-19-20)21-15-5-2-12(17)6-11(15)8-18-16/h2-7,9,18H,8H2,1H3. The van der Waals surface area contributed by atoms with Crippen molar-refractivity contribution >= 4 is 22.7 Å². The third-order valence-electron chi connectivity index (χ3n) is 3.23. The van der Waals surface area contributed by atoms with Crippen LogP contribution < -0.4 is 9.57 Å². The third kappa shape index (κ3) is 2.84. The van der Waals surface area contributed by atoms with Gasteiger partial charge in [-0.05, 0) is 48.2 Å². The van der Waals surface area contributed by atoms with Crippen LogP contribution in [0.4, 0.5) is 4.39 Å². The molecule has 0 unspecified atom stereocenters. The van der Waals surface area contributed by atoms with E-state index in [1.54, 1.807) is 16.9 Å². The highest BCUT2D eigenvalue weighted by Gasteiger charge is 2.08. The third-order valence-corrected chi connectivity index (χ3v) is 3.36. The molecular formula is C15H13ClFN3O. The molecule has 2 aromatic carbocycles. The highest BCUT2D eigenvalue weighted by molar-refractivity contribution is 6.13. The van der Waals surface area contributed by atoms with Crippen LogP contribution in [-0.2, 0) is 13.6 Å². The first-order valence-electron chi connectivity index (χ1n) is 6.39. The van der Waals surface area contributed by atoms with Crippen LogP contribution in [0.1, 0.15) is 5.56 Å². The van der Waals surface area contributed by atoms with Crippen LogP contribution in [0.3, 0.4) is 0 Å². The fourth-order valence-corrected chi connectivity index (χ4v) is 2.33. The first-order chi connectivity index (χ1) is 10.2. The molecule has 0 saturated carbocycles. The molecule has 0 atom stereocenters. The summed E-state index contributed by atoms with van der Waals surface area (Å²) in [5, 5.41) is 5.17. The molecule has 0 bridgehead atoms. The van der Waals surface area contributed by atoms with E-state index >= 15 is 0 Å². The summed E-state index contributed by atoms with van der Waals surface area (Å²) < 4.78 is 20.9. The number of ether oxygens (including phenoxy) is 1. The first-order valence-corrected chi connectivity index (χ1v) is 6.77. The molecule has 0 aliphatic carbocycles. The summed E-state index contributed by atoms with van der Waals surface area (Å²) in [7, 11) is 1.88. The maximum atomic E-state index is 13.3. The van der Waals surface area contributed by atoms with Gasteiger partial charge in [0.15, 0.2) is 0 Å². The largest absolute Gasteiger partial charge is 0.457 e. The van der Waals surface area contributed by atoms with Crippen molar-refractivity contribution in [3.05, 3.63) is 54.0 Å². The topological polar surface area (TPSA) is 39.1 Å². The van der Waals surface area contributed by atoms with Gasteiger partial charge in [0.2, 0.25) is 0 Å². The molecule has 0 fully saturated rings. The molecule has 4 nitrogen and oxygen atoms in total. The van der Waals surface area contributed by atoms with Gasteiger partial charge >= 0.3 is 0 Å². The van der Waals surface area contributed by atoms with E-state index in [0.29, 0.717) is 23.6 Å². The minimum absolute atomic E-state index is 0.309. The van der Waals surface area contributed by atoms with Gasteiger partial charge in [-0.2, -0.15) is 5.10 Å². The van der Waals surface area contributed by atoms with E-state index in [9.17, 15) is 4.39 Å². The van der Waals surface area contributed by atoms with Crippen molar-refractivity contribution in [1.29, 1.82) is 0 Å². The SMILES string of the molecule is Cn1ncc2cc(Oc3ccc(F)cc3CNCl)ccc21. The monoisotopic (exact) mass is 305 g/mol. The van der Waals surface area contributed by atoms with Gasteiger partial charge in [-0.25, -0.2) is 9.23 Å². The molecule has 0 spiro atoms. The molecule has 1 heterocycles. The van der Waals surface area contributed by atoms with E-state index in [4.69, 9.17) is 16.5 Å². The summed E-state index contributed by atoms with van der Waals surface area (Å²) in [4.78, 5) is 2.48. The second-order valence-electron chi connectivity index (χ2n) is 4.65. The highest BCUT2D eigenvalue weighted by atomic mass is 35.5. The molecule has 21 heavy (non-hydrogen) atoms. The van der Waals surface area contributed by atoms with Gasteiger partial charge in [-0.15, -0.1) is 0 Å². The number of halogens is 2. The van der Waals surface area contributed by atoms with E-state index in [0.717, 1.165) is 10.9 Å². The second kappa shape index (κ2) is 5.71. The normalized spacial score (nSPS) is 11.0. The average molecular weight is 306 g/mol. The zero-order valence-electron chi connectivity index (χ0n) is 11.3. The highest BCUT2D eigenvalue weighted by Crippen LogP contribution is 2.28. The predicted octanol–water partition coefficient (Wildman–Crippen LogP) is 3.75. The Morgan fingerprint density at radius 2 is 2.14 bits per heavy atom. The van der Waals surface area contributed by atoms with Crippen molar-refractivity contribution in [1.82, 2.24) is 14.6 Å². The fourth-order valence-electron chi connectivity index (χ4n) is 2.19. The minimum atomic E-state index is -0.327. The Balaban J connectivity index is 1.94. The van der Waals surface area contributed by atoms with Gasteiger partial charge < -0.3 is 4.74 Å². The van der Waals surface area contributed by atoms with Gasteiger partial charge in [-0.3, -0.25) is 4.68 Å². The number of aromatic nitrogens is 2. The van der Waals surface area contributed by atoms with Gasteiger partial charge in [-0.1, -0.05) is 0 Å². The number of aryl methyl sites for hydroxylation is 1. The Labute approximate surface area is 126 Å². The molecular weight excluding hydrogens is 293 g/mol. The lowest BCUT2D eigenvalue weighted by atomic mass is 10.2. The molecule has 3 aromatic rings. The summed E-state index contributed by atoms with van der Waals surface area (Å²) in [5.74, 6) is 0.901. The molecule has 0 saturated heterocycles. The Kier molecular flexibility index (Phi) is 3.77. The van der Waals surface area contributed by atoms with Crippen molar-refractivity contribution < 1.29 is 9.13 Å². The van der Waals surface area contributed by atoms with Crippen LogP contribution in [0.5, 0.6) is 11.5 Å². The lowest BCUT2D eigenvalue weighted by Gasteiger charge is -2.11. The van der Waals surface area contributed by atoms with Crippen LogP contribution in [0.25, 0.3) is 10.9 Å². The number of benzene rings is 2. The van der Waals surface area contributed by atoms with E-state index in [-0.39, 0.29) is 5.82 Å². The summed E-state index contributed by atoms with van der Waals surface area (Å²) in [6.07, 6.45) is 1.77. The van der Waals surface area contributed by atoms with Crippen molar-refractivity contribution in [3.63, 3.8) is 0 Å². The van der Waals surface area contributed by atoms with Crippen LogP contribution in [-0.4, -0.2) is 9.78 Å². The Morgan fingerprint density at radius 3 is 2.95 bits per heavy atom. The molecule has 1 aromatic heterocycles. The lowest BCUT2D eigenvalue weighted by Crippen LogP contribution is -2.01. The molecule has 6 heteroatoms. The number of hydrogen-bond donors (Lipinski definition) is 1. The second-order valence-corrected chi connectivity index (χ2v) is 4.92. The summed E-state index contributed by atoms with van der Waals surface area (Å²) in [6, 6.07) is 10.0. The first kappa shape index (κ1) is 13.9. The predicted molar refractivity (Wildman–Crippen MR) is 79.9 cm³/mol. The van der Waals surface area contributed by atoms with Gasteiger partial charge in [0.25, 0.3) is 0 Å². The van der Waals surface area contributed by atoms with Crippen molar-refractivity contribution in [2.45, 2.75) is 6.54 Å². The lowest BCUT2D eigenvalue weighted by molar-refractivity contribution is 0.473. The summed E-state index contributed by atoms with van der Waals surface area (Å²) in [6.45, 7) is 0.309. The maximum Gasteiger partial charge on any atom is 0.132 e. The smallest absolute Gasteiger partial charge is 0.132 e. The van der Waals surface area contributed by atoms with Gasteiger partial charge in [0.1, 0.15) is 17.3 Å². The Hall–Kier alpha value is -2.11. The van der Waals surface area contributed by atoms with E-state index in [1.165, 1.54) is 12.1 Å². The number of fused-ring (bicyclic) bond motifs is 1. The number of nitrogens with one attached hydrogen (secondary N) is 1. The minimum Gasteiger partial charge on any atom is -0.457 e. The maximum absolute atomic E-state index is 13.3. The number of hydrogen-bond acceptors (Lipinski definition) is 3. The number of nitrogens with zero attached hydrogens (tertiary/aromatic N) is 2. The molecule has 3 rings (SSSR count). The zero-order chi connectivity index (χ0) is 14.8. The van der Waals surface area contributed by atoms with Gasteiger partial charge in [0.05, 0.1) is 11.7 Å². The van der Waals surface area contributed by atoms with Crippen molar-refractivity contribution in [2.24, 2.45) is 7.05 Å². The van der Waals surface area contributed by atoms with Crippen LogP contribution in [0.15, 0.2) is 42.6 Å². The molecule has 0 aliphatic rings. The average Bonchev–Trinajstić information content (AvgIpc) is 2.83. The Bertz CT molecular complexity index is 788. The van der Waals surface area contributed by atoms with Crippen LogP contribution in [0, 0.1) is 5.82 Å². The molecule has 0 radical (unpaired) electrons. The molecule has 0 amide bonds. The van der Waals surface area contributed by atoms with Crippen LogP contribution >= 0.6 is 11.8 Å². The van der Waals surface area contributed by atoms with E-state index in [2.05, 4.69) is 9.93 Å². The quantitative estimate of drug-likeness (QED) is 0.746. The van der Waals surface area contributed by atoms with E-state index in [1.807, 2.05) is 25.2 Å². The Morgan fingerprint density at radius 1 is 1.29 bits per heavy atom. The van der Waals surface area contributed by atoms with Gasteiger partial charge in [0, 0.05) is 24.5 Å². The summed E-state index contributed by atoms with van der Waals surface area (Å²) in [5.41, 5.74) is 1.67. The molecule has 108 valence electrons. The number of rotatable bonds is 4. The fraction of sp³-hybridized carbons (Fsp3) is 0.133. The zero-order valence-corrected chi connectivity index (χ0v) is 12.1.